The largest absolute Gasteiger partial charge is 0.387 e. The molecule has 90 valence electrons. The van der Waals surface area contributed by atoms with E-state index in [9.17, 15) is 10.2 Å². The van der Waals surface area contributed by atoms with Crippen molar-refractivity contribution < 1.29 is 10.2 Å². The van der Waals surface area contributed by atoms with Crippen LogP contribution in [-0.4, -0.2) is 21.4 Å². The van der Waals surface area contributed by atoms with Crippen molar-refractivity contribution in [3.63, 3.8) is 0 Å². The van der Waals surface area contributed by atoms with E-state index in [0.29, 0.717) is 12.2 Å². The molecule has 0 amide bonds. The first kappa shape index (κ1) is 13.6. The molecule has 0 aliphatic carbocycles. The lowest BCUT2D eigenvalue weighted by molar-refractivity contribution is -0.118. The lowest BCUT2D eigenvalue weighted by Gasteiger charge is -2.35. The fraction of sp³-hybridized carbons (Fsp3) is 0.538. The van der Waals surface area contributed by atoms with E-state index in [1.54, 1.807) is 20.8 Å². The highest BCUT2D eigenvalue weighted by Gasteiger charge is 2.37. The number of hydrogen-bond donors (Lipinski definition) is 3. The fourth-order valence-corrected chi connectivity index (χ4v) is 1.59. The third-order valence-electron chi connectivity index (χ3n) is 3.07. The van der Waals surface area contributed by atoms with Crippen molar-refractivity contribution in [2.45, 2.75) is 44.1 Å². The maximum atomic E-state index is 10.2. The van der Waals surface area contributed by atoms with Gasteiger partial charge in [0.15, 0.2) is 0 Å². The Balaban J connectivity index is 2.80. The van der Waals surface area contributed by atoms with E-state index in [4.69, 9.17) is 0 Å². The first-order valence-corrected chi connectivity index (χ1v) is 6.03. The molecule has 0 saturated carbocycles. The maximum absolute atomic E-state index is 10.2. The summed E-state index contributed by atoms with van der Waals surface area (Å²) in [6.07, 6.45) is 0.434. The monoisotopic (exact) mass is 240 g/mol. The van der Waals surface area contributed by atoms with Gasteiger partial charge in [0.25, 0.3) is 0 Å². The van der Waals surface area contributed by atoms with Crippen molar-refractivity contribution in [1.82, 2.24) is 0 Å². The van der Waals surface area contributed by atoms with Crippen LogP contribution in [0.4, 0.5) is 0 Å². The van der Waals surface area contributed by atoms with Gasteiger partial charge in [-0.2, -0.15) is 12.6 Å². The second-order valence-corrected chi connectivity index (χ2v) is 5.30. The second-order valence-electron chi connectivity index (χ2n) is 4.98. The molecule has 16 heavy (non-hydrogen) atoms. The molecule has 3 heteroatoms. The van der Waals surface area contributed by atoms with Crippen LogP contribution < -0.4 is 0 Å². The smallest absolute Gasteiger partial charge is 0.0940 e. The van der Waals surface area contributed by atoms with Gasteiger partial charge in [-0.3, -0.25) is 0 Å². The highest BCUT2D eigenvalue weighted by atomic mass is 32.1. The molecule has 0 aliphatic heterocycles. The molecule has 1 rings (SSSR count). The molecule has 2 nitrogen and oxygen atoms in total. The Kier molecular flexibility index (Phi) is 4.05. The summed E-state index contributed by atoms with van der Waals surface area (Å²) in [4.78, 5) is 0. The summed E-state index contributed by atoms with van der Waals surface area (Å²) in [5, 5.41) is 20.0. The molecule has 2 N–H and O–H groups in total. The Bertz CT molecular complexity index is 336. The van der Waals surface area contributed by atoms with E-state index in [2.05, 4.69) is 12.6 Å². The number of aliphatic hydroxyl groups is 2. The first-order chi connectivity index (χ1) is 7.26. The van der Waals surface area contributed by atoms with Gasteiger partial charge in [0.2, 0.25) is 0 Å². The molecule has 0 aromatic heterocycles. The Labute approximate surface area is 103 Å². The SMILES string of the molecule is CC(C)(O)C(C)(O)Cc1ccc(CS)cc1. The van der Waals surface area contributed by atoms with Crippen LogP contribution >= 0.6 is 12.6 Å². The van der Waals surface area contributed by atoms with Crippen molar-refractivity contribution in [2.24, 2.45) is 0 Å². The molecule has 0 fully saturated rings. The minimum Gasteiger partial charge on any atom is -0.387 e. The molecule has 1 atom stereocenters. The fourth-order valence-electron chi connectivity index (χ4n) is 1.38. The highest BCUT2D eigenvalue weighted by Crippen LogP contribution is 2.25. The molecule has 0 bridgehead atoms. The summed E-state index contributed by atoms with van der Waals surface area (Å²) in [6, 6.07) is 7.91. The Morgan fingerprint density at radius 3 is 1.81 bits per heavy atom. The van der Waals surface area contributed by atoms with Crippen LogP contribution in [0.5, 0.6) is 0 Å². The minimum absolute atomic E-state index is 0.434. The van der Waals surface area contributed by atoms with Crippen molar-refractivity contribution in [1.29, 1.82) is 0 Å². The summed E-state index contributed by atoms with van der Waals surface area (Å²) in [6.45, 7) is 4.89. The van der Waals surface area contributed by atoms with E-state index in [-0.39, 0.29) is 0 Å². The number of rotatable bonds is 4. The molecular weight excluding hydrogens is 220 g/mol. The van der Waals surface area contributed by atoms with Gasteiger partial charge in [0.1, 0.15) is 0 Å². The zero-order chi connectivity index (χ0) is 12.4. The van der Waals surface area contributed by atoms with E-state index < -0.39 is 11.2 Å². The molecule has 1 unspecified atom stereocenters. The molecular formula is C13H20O2S. The van der Waals surface area contributed by atoms with Gasteiger partial charge >= 0.3 is 0 Å². The zero-order valence-corrected chi connectivity index (χ0v) is 11.0. The van der Waals surface area contributed by atoms with Crippen LogP contribution in [0.1, 0.15) is 31.9 Å². The number of benzene rings is 1. The summed E-state index contributed by atoms with van der Waals surface area (Å²) < 4.78 is 0. The van der Waals surface area contributed by atoms with Crippen molar-refractivity contribution in [3.8, 4) is 0 Å². The van der Waals surface area contributed by atoms with E-state index >= 15 is 0 Å². The van der Waals surface area contributed by atoms with Gasteiger partial charge in [-0.1, -0.05) is 24.3 Å². The van der Waals surface area contributed by atoms with Gasteiger partial charge < -0.3 is 10.2 Å². The topological polar surface area (TPSA) is 40.5 Å². The van der Waals surface area contributed by atoms with Crippen molar-refractivity contribution >= 4 is 12.6 Å². The normalized spacial score (nSPS) is 15.9. The van der Waals surface area contributed by atoms with Crippen LogP contribution in [-0.2, 0) is 12.2 Å². The first-order valence-electron chi connectivity index (χ1n) is 5.40. The summed E-state index contributed by atoms with van der Waals surface area (Å²) in [5.41, 5.74) is -0.0855. The molecule has 0 heterocycles. The third-order valence-corrected chi connectivity index (χ3v) is 3.44. The van der Waals surface area contributed by atoms with Crippen molar-refractivity contribution in [2.75, 3.05) is 0 Å². The van der Waals surface area contributed by atoms with Gasteiger partial charge in [-0.05, 0) is 31.9 Å². The van der Waals surface area contributed by atoms with Crippen molar-refractivity contribution in [3.05, 3.63) is 35.4 Å². The van der Waals surface area contributed by atoms with E-state index in [0.717, 1.165) is 11.1 Å². The molecule has 0 spiro atoms. The summed E-state index contributed by atoms with van der Waals surface area (Å²) in [5.74, 6) is 0.710. The molecule has 1 aromatic rings. The summed E-state index contributed by atoms with van der Waals surface area (Å²) in [7, 11) is 0. The lowest BCUT2D eigenvalue weighted by Crippen LogP contribution is -2.49. The average Bonchev–Trinajstić information content (AvgIpc) is 2.16. The predicted molar refractivity (Wildman–Crippen MR) is 69.8 cm³/mol. The van der Waals surface area contributed by atoms with Gasteiger partial charge in [-0.15, -0.1) is 0 Å². The third kappa shape index (κ3) is 3.24. The number of thiol groups is 1. The molecule has 1 aromatic carbocycles. The summed E-state index contributed by atoms with van der Waals surface area (Å²) >= 11 is 4.19. The van der Waals surface area contributed by atoms with E-state index in [1.807, 2.05) is 24.3 Å². The molecule has 0 saturated heterocycles. The maximum Gasteiger partial charge on any atom is 0.0940 e. The Morgan fingerprint density at radius 2 is 1.44 bits per heavy atom. The van der Waals surface area contributed by atoms with E-state index in [1.165, 1.54) is 0 Å². The molecule has 0 aliphatic rings. The second kappa shape index (κ2) is 4.78. The van der Waals surface area contributed by atoms with Crippen LogP contribution in [0.25, 0.3) is 0 Å². The highest BCUT2D eigenvalue weighted by molar-refractivity contribution is 7.79. The minimum atomic E-state index is -1.13. The van der Waals surface area contributed by atoms with Gasteiger partial charge in [0, 0.05) is 12.2 Å². The van der Waals surface area contributed by atoms with Crippen LogP contribution in [0.15, 0.2) is 24.3 Å². The quantitative estimate of drug-likeness (QED) is 0.706. The predicted octanol–water partition coefficient (Wildman–Crippen LogP) is 2.18. The van der Waals surface area contributed by atoms with Gasteiger partial charge in [-0.25, -0.2) is 0 Å². The Hall–Kier alpha value is -0.510. The van der Waals surface area contributed by atoms with Crippen LogP contribution in [0.2, 0.25) is 0 Å². The average molecular weight is 240 g/mol. The molecule has 0 radical (unpaired) electrons. The zero-order valence-electron chi connectivity index (χ0n) is 10.1. The number of hydrogen-bond acceptors (Lipinski definition) is 3. The lowest BCUT2D eigenvalue weighted by atomic mass is 9.82. The standard InChI is InChI=1S/C13H20O2S/c1-12(2,14)13(3,15)8-10-4-6-11(9-16)7-5-10/h4-7,14-16H,8-9H2,1-3H3. The van der Waals surface area contributed by atoms with Gasteiger partial charge in [0.05, 0.1) is 11.2 Å². The van der Waals surface area contributed by atoms with Crippen LogP contribution in [0.3, 0.4) is 0 Å². The Morgan fingerprint density at radius 1 is 1.00 bits per heavy atom. The van der Waals surface area contributed by atoms with Crippen LogP contribution in [0, 0.1) is 0 Å².